The van der Waals surface area contributed by atoms with Gasteiger partial charge in [0.1, 0.15) is 5.82 Å². The monoisotopic (exact) mass is 264 g/mol. The summed E-state index contributed by atoms with van der Waals surface area (Å²) in [4.78, 5) is 27.4. The second-order valence-corrected chi connectivity index (χ2v) is 4.36. The van der Waals surface area contributed by atoms with Crippen molar-refractivity contribution in [3.63, 3.8) is 0 Å². The van der Waals surface area contributed by atoms with Crippen LogP contribution in [0.4, 0.5) is 0 Å². The number of nitrogens with zero attached hydrogens (tertiary/aromatic N) is 3. The summed E-state index contributed by atoms with van der Waals surface area (Å²) >= 11 is 0. The summed E-state index contributed by atoms with van der Waals surface area (Å²) in [6.07, 6.45) is 6.70. The Balaban J connectivity index is 2.22. The van der Waals surface area contributed by atoms with Crippen LogP contribution in [0.2, 0.25) is 0 Å². The van der Waals surface area contributed by atoms with Crippen LogP contribution in [-0.2, 0) is 0 Å². The van der Waals surface area contributed by atoms with E-state index in [1.807, 2.05) is 24.3 Å². The predicted molar refractivity (Wildman–Crippen MR) is 76.1 cm³/mol. The highest BCUT2D eigenvalue weighted by molar-refractivity contribution is 5.65. The Labute approximate surface area is 115 Å². The fourth-order valence-corrected chi connectivity index (χ4v) is 1.97. The summed E-state index contributed by atoms with van der Waals surface area (Å²) in [7, 11) is 0. The quantitative estimate of drug-likeness (QED) is 0.770. The third-order valence-electron chi connectivity index (χ3n) is 3.06. The molecule has 0 saturated carbocycles. The van der Waals surface area contributed by atoms with E-state index in [1.165, 1.54) is 0 Å². The van der Waals surface area contributed by atoms with Crippen molar-refractivity contribution in [2.45, 2.75) is 6.92 Å². The molecule has 0 bridgehead atoms. The van der Waals surface area contributed by atoms with E-state index in [1.54, 1.807) is 31.7 Å². The molecule has 0 aliphatic rings. The molecule has 3 rings (SSSR count). The molecule has 5 nitrogen and oxygen atoms in total. The maximum atomic E-state index is 12.1. The van der Waals surface area contributed by atoms with Crippen LogP contribution in [0.25, 0.3) is 22.6 Å². The van der Waals surface area contributed by atoms with Crippen LogP contribution in [0.15, 0.2) is 53.8 Å². The molecule has 0 saturated heterocycles. The Morgan fingerprint density at radius 3 is 2.05 bits per heavy atom. The van der Waals surface area contributed by atoms with Crippen molar-refractivity contribution in [2.75, 3.05) is 0 Å². The zero-order chi connectivity index (χ0) is 13.9. The molecule has 5 heteroatoms. The number of H-pyrrole nitrogens is 1. The van der Waals surface area contributed by atoms with E-state index in [2.05, 4.69) is 19.9 Å². The fraction of sp³-hybridized carbons (Fsp3) is 0.0667. The first-order valence-electron chi connectivity index (χ1n) is 6.17. The van der Waals surface area contributed by atoms with Gasteiger partial charge in [0.2, 0.25) is 0 Å². The molecule has 0 spiro atoms. The SMILES string of the molecule is Cc1c(-c2ccncc2)nc(-c2ccncc2)[nH]c1=O. The maximum Gasteiger partial charge on any atom is 0.254 e. The van der Waals surface area contributed by atoms with Gasteiger partial charge in [-0.1, -0.05) is 0 Å². The van der Waals surface area contributed by atoms with Crippen molar-refractivity contribution in [2.24, 2.45) is 0 Å². The lowest BCUT2D eigenvalue weighted by molar-refractivity contribution is 1.09. The zero-order valence-corrected chi connectivity index (χ0v) is 10.9. The molecule has 0 aliphatic heterocycles. The first kappa shape index (κ1) is 12.2. The lowest BCUT2D eigenvalue weighted by Crippen LogP contribution is -2.14. The molecule has 98 valence electrons. The minimum absolute atomic E-state index is 0.140. The third-order valence-corrected chi connectivity index (χ3v) is 3.06. The molecule has 20 heavy (non-hydrogen) atoms. The van der Waals surface area contributed by atoms with Gasteiger partial charge in [-0.25, -0.2) is 4.98 Å². The molecular formula is C15H12N4O. The van der Waals surface area contributed by atoms with Crippen LogP contribution in [0.5, 0.6) is 0 Å². The van der Waals surface area contributed by atoms with Crippen LogP contribution in [0.3, 0.4) is 0 Å². The average molecular weight is 264 g/mol. The Morgan fingerprint density at radius 2 is 1.45 bits per heavy atom. The molecule has 1 N–H and O–H groups in total. The average Bonchev–Trinajstić information content (AvgIpc) is 2.51. The summed E-state index contributed by atoms with van der Waals surface area (Å²) in [5.41, 5.74) is 2.82. The lowest BCUT2D eigenvalue weighted by Gasteiger charge is -2.07. The first-order chi connectivity index (χ1) is 9.75. The van der Waals surface area contributed by atoms with Crippen molar-refractivity contribution < 1.29 is 0 Å². The second kappa shape index (κ2) is 5.05. The van der Waals surface area contributed by atoms with Crippen molar-refractivity contribution in [1.82, 2.24) is 19.9 Å². The number of hydrogen-bond acceptors (Lipinski definition) is 4. The molecule has 0 amide bonds. The minimum Gasteiger partial charge on any atom is -0.306 e. The summed E-state index contributed by atoms with van der Waals surface area (Å²) in [6, 6.07) is 7.30. The largest absolute Gasteiger partial charge is 0.306 e. The van der Waals surface area contributed by atoms with Gasteiger partial charge in [0.15, 0.2) is 0 Å². The number of nitrogens with one attached hydrogen (secondary N) is 1. The second-order valence-electron chi connectivity index (χ2n) is 4.36. The summed E-state index contributed by atoms with van der Waals surface area (Å²) in [5, 5.41) is 0. The van der Waals surface area contributed by atoms with Crippen LogP contribution in [-0.4, -0.2) is 19.9 Å². The highest BCUT2D eigenvalue weighted by Gasteiger charge is 2.10. The van der Waals surface area contributed by atoms with Gasteiger partial charge in [0.25, 0.3) is 5.56 Å². The Morgan fingerprint density at radius 1 is 0.900 bits per heavy atom. The molecule has 0 radical (unpaired) electrons. The van der Waals surface area contributed by atoms with Crippen LogP contribution >= 0.6 is 0 Å². The number of pyridine rings is 2. The molecule has 3 aromatic heterocycles. The Hall–Kier alpha value is -2.82. The summed E-state index contributed by atoms with van der Waals surface area (Å²) < 4.78 is 0. The van der Waals surface area contributed by atoms with Gasteiger partial charge in [-0.05, 0) is 31.2 Å². The van der Waals surface area contributed by atoms with Gasteiger partial charge >= 0.3 is 0 Å². The van der Waals surface area contributed by atoms with Crippen molar-refractivity contribution in [3.05, 3.63) is 65.0 Å². The highest BCUT2D eigenvalue weighted by Crippen LogP contribution is 2.21. The van der Waals surface area contributed by atoms with Gasteiger partial charge in [-0.2, -0.15) is 0 Å². The van der Waals surface area contributed by atoms with E-state index in [0.29, 0.717) is 17.1 Å². The zero-order valence-electron chi connectivity index (χ0n) is 10.9. The molecule has 0 aliphatic carbocycles. The summed E-state index contributed by atoms with van der Waals surface area (Å²) in [5.74, 6) is 0.537. The van der Waals surface area contributed by atoms with E-state index in [0.717, 1.165) is 11.1 Å². The molecule has 0 aromatic carbocycles. The van der Waals surface area contributed by atoms with Crippen LogP contribution in [0.1, 0.15) is 5.56 Å². The van der Waals surface area contributed by atoms with Crippen molar-refractivity contribution in [1.29, 1.82) is 0 Å². The van der Waals surface area contributed by atoms with E-state index >= 15 is 0 Å². The molecule has 0 unspecified atom stereocenters. The lowest BCUT2D eigenvalue weighted by atomic mass is 10.1. The standard InChI is InChI=1S/C15H12N4O/c1-10-13(11-2-6-16-7-3-11)18-14(19-15(10)20)12-4-8-17-9-5-12/h2-9H,1H3,(H,18,19,20). The number of aromatic nitrogens is 4. The molecular weight excluding hydrogens is 252 g/mol. The maximum absolute atomic E-state index is 12.1. The molecule has 3 heterocycles. The van der Waals surface area contributed by atoms with Crippen molar-refractivity contribution in [3.8, 4) is 22.6 Å². The highest BCUT2D eigenvalue weighted by atomic mass is 16.1. The molecule has 0 fully saturated rings. The summed E-state index contributed by atoms with van der Waals surface area (Å²) in [6.45, 7) is 1.76. The Bertz CT molecular complexity index is 782. The smallest absolute Gasteiger partial charge is 0.254 e. The van der Waals surface area contributed by atoms with Gasteiger partial charge in [-0.3, -0.25) is 14.8 Å². The normalized spacial score (nSPS) is 10.4. The topological polar surface area (TPSA) is 71.5 Å². The fourth-order valence-electron chi connectivity index (χ4n) is 1.97. The number of hydrogen-bond donors (Lipinski definition) is 1. The van der Waals surface area contributed by atoms with E-state index in [4.69, 9.17) is 0 Å². The van der Waals surface area contributed by atoms with Gasteiger partial charge in [-0.15, -0.1) is 0 Å². The van der Waals surface area contributed by atoms with E-state index in [-0.39, 0.29) is 5.56 Å². The Kier molecular flexibility index (Phi) is 3.09. The first-order valence-corrected chi connectivity index (χ1v) is 6.17. The van der Waals surface area contributed by atoms with E-state index < -0.39 is 0 Å². The molecule has 0 atom stereocenters. The number of aromatic amines is 1. The minimum atomic E-state index is -0.140. The van der Waals surface area contributed by atoms with Crippen molar-refractivity contribution >= 4 is 0 Å². The van der Waals surface area contributed by atoms with Gasteiger partial charge in [0, 0.05) is 41.5 Å². The van der Waals surface area contributed by atoms with Crippen LogP contribution in [0, 0.1) is 6.92 Å². The van der Waals surface area contributed by atoms with Crippen LogP contribution < -0.4 is 5.56 Å². The van der Waals surface area contributed by atoms with Gasteiger partial charge < -0.3 is 4.98 Å². The molecule has 3 aromatic rings. The third kappa shape index (κ3) is 2.21. The predicted octanol–water partition coefficient (Wildman–Crippen LogP) is 2.20. The number of rotatable bonds is 2. The van der Waals surface area contributed by atoms with Gasteiger partial charge in [0.05, 0.1) is 5.69 Å². The van der Waals surface area contributed by atoms with E-state index in [9.17, 15) is 4.79 Å².